The Hall–Kier alpha value is -1.63. The Morgan fingerprint density at radius 3 is 2.17 bits per heavy atom. The number of amides is 2. The van der Waals surface area contributed by atoms with Crippen molar-refractivity contribution in [2.45, 2.75) is 26.2 Å². The van der Waals surface area contributed by atoms with Crippen molar-refractivity contribution in [2.24, 2.45) is 0 Å². The van der Waals surface area contributed by atoms with Crippen LogP contribution < -0.4 is 10.6 Å². The largest absolute Gasteiger partial charge is 0.480 e. The maximum Gasteiger partial charge on any atom is 0.317 e. The van der Waals surface area contributed by atoms with Gasteiger partial charge in [-0.15, -0.1) is 0 Å². The Morgan fingerprint density at radius 2 is 1.67 bits per heavy atom. The second-order valence-corrected chi connectivity index (χ2v) is 4.01. The zero-order valence-corrected chi connectivity index (χ0v) is 10.9. The number of nitrogens with zero attached hydrogens (tertiary/aromatic N) is 1. The topological polar surface area (TPSA) is 98.7 Å². The highest BCUT2D eigenvalue weighted by Gasteiger charge is 2.07. The molecule has 2 amide bonds. The van der Waals surface area contributed by atoms with Crippen molar-refractivity contribution in [3.63, 3.8) is 0 Å². The molecule has 0 bridgehead atoms. The van der Waals surface area contributed by atoms with Gasteiger partial charge in [-0.25, -0.2) is 0 Å². The first-order valence-electron chi connectivity index (χ1n) is 5.89. The maximum absolute atomic E-state index is 11.3. The fourth-order valence-electron chi connectivity index (χ4n) is 1.25. The summed E-state index contributed by atoms with van der Waals surface area (Å²) >= 11 is 0. The van der Waals surface area contributed by atoms with Gasteiger partial charge in [0.05, 0.1) is 13.2 Å². The lowest BCUT2D eigenvalue weighted by Gasteiger charge is -2.13. The molecule has 0 aromatic rings. The van der Waals surface area contributed by atoms with Crippen molar-refractivity contribution in [1.29, 1.82) is 0 Å². The first kappa shape index (κ1) is 16.4. The van der Waals surface area contributed by atoms with Crippen LogP contribution in [0.3, 0.4) is 0 Å². The molecule has 0 atom stereocenters. The Morgan fingerprint density at radius 1 is 1.11 bits per heavy atom. The first-order valence-corrected chi connectivity index (χ1v) is 5.89. The molecule has 0 saturated heterocycles. The average molecular weight is 259 g/mol. The van der Waals surface area contributed by atoms with Crippen LogP contribution in [0.25, 0.3) is 0 Å². The van der Waals surface area contributed by atoms with Crippen molar-refractivity contribution in [3.8, 4) is 0 Å². The third-order valence-electron chi connectivity index (χ3n) is 2.17. The van der Waals surface area contributed by atoms with Gasteiger partial charge >= 0.3 is 5.97 Å². The van der Waals surface area contributed by atoms with Crippen LogP contribution in [0.5, 0.6) is 0 Å². The van der Waals surface area contributed by atoms with Gasteiger partial charge in [-0.2, -0.15) is 0 Å². The number of carbonyl (C=O) groups excluding carboxylic acids is 2. The lowest BCUT2D eigenvalue weighted by Crippen LogP contribution is -2.38. The third-order valence-corrected chi connectivity index (χ3v) is 2.17. The van der Waals surface area contributed by atoms with Crippen molar-refractivity contribution in [3.05, 3.63) is 0 Å². The van der Waals surface area contributed by atoms with Crippen molar-refractivity contribution < 1.29 is 19.5 Å². The number of rotatable bonds is 9. The smallest absolute Gasteiger partial charge is 0.317 e. The van der Waals surface area contributed by atoms with Gasteiger partial charge in [-0.3, -0.25) is 19.3 Å². The van der Waals surface area contributed by atoms with Crippen LogP contribution in [-0.2, 0) is 14.4 Å². The second-order valence-electron chi connectivity index (χ2n) is 4.01. The van der Waals surface area contributed by atoms with E-state index in [1.807, 2.05) is 6.92 Å². The predicted molar refractivity (Wildman–Crippen MR) is 65.8 cm³/mol. The standard InChI is InChI=1S/C11H21N3O4/c1-3-4-9(15)12-8-13-10(16)5-6-14(2)7-11(17)18/h3-8H2,1-2H3,(H,12,15)(H,13,16)(H,17,18). The van der Waals surface area contributed by atoms with Crippen LogP contribution in [0, 0.1) is 0 Å². The van der Waals surface area contributed by atoms with E-state index in [4.69, 9.17) is 5.11 Å². The Kier molecular flexibility index (Phi) is 8.55. The van der Waals surface area contributed by atoms with Gasteiger partial charge in [-0.05, 0) is 13.5 Å². The summed E-state index contributed by atoms with van der Waals surface area (Å²) in [4.78, 5) is 34.3. The molecule has 18 heavy (non-hydrogen) atoms. The molecule has 0 radical (unpaired) electrons. The summed E-state index contributed by atoms with van der Waals surface area (Å²) in [6.45, 7) is 2.28. The quantitative estimate of drug-likeness (QED) is 0.479. The lowest BCUT2D eigenvalue weighted by atomic mass is 10.3. The number of aliphatic carboxylic acids is 1. The Balaban J connectivity index is 3.59. The van der Waals surface area contributed by atoms with Gasteiger partial charge < -0.3 is 15.7 Å². The molecular formula is C11H21N3O4. The summed E-state index contributed by atoms with van der Waals surface area (Å²) < 4.78 is 0. The van der Waals surface area contributed by atoms with E-state index in [1.165, 1.54) is 4.90 Å². The maximum atomic E-state index is 11.3. The number of nitrogens with one attached hydrogen (secondary N) is 2. The molecule has 104 valence electrons. The van der Waals surface area contributed by atoms with Crippen LogP contribution in [0.4, 0.5) is 0 Å². The minimum Gasteiger partial charge on any atom is -0.480 e. The molecule has 7 nitrogen and oxygen atoms in total. The number of carboxylic acid groups (broad SMARTS) is 1. The highest BCUT2D eigenvalue weighted by Crippen LogP contribution is 1.88. The lowest BCUT2D eigenvalue weighted by molar-refractivity contribution is -0.138. The summed E-state index contributed by atoms with van der Waals surface area (Å²) in [6, 6.07) is 0. The predicted octanol–water partition coefficient (Wildman–Crippen LogP) is -0.617. The minimum absolute atomic E-state index is 0.0965. The Labute approximate surface area is 107 Å². The van der Waals surface area contributed by atoms with E-state index < -0.39 is 5.97 Å². The van der Waals surface area contributed by atoms with E-state index in [1.54, 1.807) is 7.05 Å². The summed E-state index contributed by atoms with van der Waals surface area (Å²) in [5, 5.41) is 13.6. The van der Waals surface area contributed by atoms with Crippen LogP contribution in [0.2, 0.25) is 0 Å². The van der Waals surface area contributed by atoms with Gasteiger partial charge in [0.15, 0.2) is 0 Å². The third kappa shape index (κ3) is 9.59. The number of hydrogen-bond donors (Lipinski definition) is 3. The molecule has 7 heteroatoms. The molecular weight excluding hydrogens is 238 g/mol. The first-order chi connectivity index (χ1) is 8.45. The summed E-state index contributed by atoms with van der Waals surface area (Å²) in [7, 11) is 1.63. The molecule has 0 aromatic heterocycles. The molecule has 0 fully saturated rings. The summed E-state index contributed by atoms with van der Waals surface area (Å²) in [5.41, 5.74) is 0. The van der Waals surface area contributed by atoms with Crippen molar-refractivity contribution in [1.82, 2.24) is 15.5 Å². The van der Waals surface area contributed by atoms with Gasteiger partial charge in [0.1, 0.15) is 0 Å². The highest BCUT2D eigenvalue weighted by molar-refractivity contribution is 5.78. The van der Waals surface area contributed by atoms with Gasteiger partial charge in [-0.1, -0.05) is 6.92 Å². The molecule has 0 aromatic carbocycles. The summed E-state index contributed by atoms with van der Waals surface area (Å²) in [5.74, 6) is -1.24. The normalized spacial score (nSPS) is 10.2. The molecule has 0 aliphatic heterocycles. The molecule has 0 aliphatic carbocycles. The summed E-state index contributed by atoms with van der Waals surface area (Å²) in [6.07, 6.45) is 1.41. The van der Waals surface area contributed by atoms with E-state index in [0.717, 1.165) is 6.42 Å². The Bertz CT molecular complexity index is 294. The molecule has 0 heterocycles. The van der Waals surface area contributed by atoms with Crippen LogP contribution in [0.1, 0.15) is 26.2 Å². The number of carbonyl (C=O) groups is 3. The minimum atomic E-state index is -0.926. The second kappa shape index (κ2) is 9.41. The van der Waals surface area contributed by atoms with Crippen LogP contribution >= 0.6 is 0 Å². The van der Waals surface area contributed by atoms with Gasteiger partial charge in [0, 0.05) is 19.4 Å². The fourth-order valence-corrected chi connectivity index (χ4v) is 1.25. The molecule has 0 aliphatic rings. The zero-order valence-electron chi connectivity index (χ0n) is 10.9. The average Bonchev–Trinajstić information content (AvgIpc) is 2.26. The number of carboxylic acids is 1. The van der Waals surface area contributed by atoms with Gasteiger partial charge in [0.25, 0.3) is 0 Å². The fraction of sp³-hybridized carbons (Fsp3) is 0.727. The van der Waals surface area contributed by atoms with E-state index in [-0.39, 0.29) is 31.4 Å². The van der Waals surface area contributed by atoms with E-state index in [0.29, 0.717) is 13.0 Å². The molecule has 0 saturated carbocycles. The van der Waals surface area contributed by atoms with Gasteiger partial charge in [0.2, 0.25) is 11.8 Å². The van der Waals surface area contributed by atoms with Crippen molar-refractivity contribution >= 4 is 17.8 Å². The van der Waals surface area contributed by atoms with E-state index in [2.05, 4.69) is 10.6 Å². The molecule has 3 N–H and O–H groups in total. The monoisotopic (exact) mass is 259 g/mol. The number of likely N-dealkylation sites (N-methyl/N-ethyl adjacent to an activating group) is 1. The number of hydrogen-bond acceptors (Lipinski definition) is 4. The van der Waals surface area contributed by atoms with Crippen molar-refractivity contribution in [2.75, 3.05) is 26.8 Å². The zero-order chi connectivity index (χ0) is 14.0. The molecule has 0 rings (SSSR count). The van der Waals surface area contributed by atoms with E-state index >= 15 is 0 Å². The van der Waals surface area contributed by atoms with Crippen LogP contribution in [-0.4, -0.2) is 54.6 Å². The molecule has 0 spiro atoms. The van der Waals surface area contributed by atoms with E-state index in [9.17, 15) is 14.4 Å². The highest BCUT2D eigenvalue weighted by atomic mass is 16.4. The molecule has 0 unspecified atom stereocenters. The SMILES string of the molecule is CCCC(=O)NCNC(=O)CCN(C)CC(=O)O. The van der Waals surface area contributed by atoms with Crippen LogP contribution in [0.15, 0.2) is 0 Å².